The Bertz CT molecular complexity index is 292. The third-order valence-corrected chi connectivity index (χ3v) is 1.66. The average molecular weight is 169 g/mol. The van der Waals surface area contributed by atoms with E-state index in [4.69, 9.17) is 14.6 Å². The molecular formula is C7H7NO4. The highest BCUT2D eigenvalue weighted by Gasteiger charge is 2.23. The minimum Gasteiger partial charge on any atom is -0.480 e. The summed E-state index contributed by atoms with van der Waals surface area (Å²) in [4.78, 5) is 10.5. The van der Waals surface area contributed by atoms with Gasteiger partial charge in [0.25, 0.3) is 0 Å². The molecule has 5 heteroatoms. The Kier molecular flexibility index (Phi) is 1.43. The highest BCUT2D eigenvalue weighted by molar-refractivity contribution is 5.85. The molecule has 2 aliphatic heterocycles. The van der Waals surface area contributed by atoms with Crippen LogP contribution in [-0.2, 0) is 14.3 Å². The number of carboxylic acids is 1. The van der Waals surface area contributed by atoms with E-state index in [0.29, 0.717) is 12.5 Å². The molecule has 0 fully saturated rings. The van der Waals surface area contributed by atoms with Gasteiger partial charge >= 0.3 is 5.97 Å². The number of carboxylic acid groups (broad SMARTS) is 1. The van der Waals surface area contributed by atoms with Gasteiger partial charge < -0.3 is 19.9 Å². The minimum absolute atomic E-state index is 0.0718. The number of carbonyl (C=O) groups is 1. The Morgan fingerprint density at radius 1 is 1.58 bits per heavy atom. The van der Waals surface area contributed by atoms with E-state index in [-0.39, 0.29) is 12.4 Å². The number of hydrogen-bond donors (Lipinski definition) is 2. The molecule has 0 saturated heterocycles. The van der Waals surface area contributed by atoms with E-state index in [1.54, 1.807) is 0 Å². The molecule has 0 aliphatic carbocycles. The highest BCUT2D eigenvalue weighted by atomic mass is 16.5. The van der Waals surface area contributed by atoms with Gasteiger partial charge in [-0.15, -0.1) is 0 Å². The topological polar surface area (TPSA) is 67.8 Å². The molecule has 5 nitrogen and oxygen atoms in total. The molecule has 0 bridgehead atoms. The van der Waals surface area contributed by atoms with Crippen LogP contribution < -0.4 is 5.32 Å². The summed E-state index contributed by atoms with van der Waals surface area (Å²) in [6, 6.07) is 0. The van der Waals surface area contributed by atoms with E-state index in [2.05, 4.69) is 5.32 Å². The predicted octanol–water partition coefficient (Wildman–Crippen LogP) is -0.226. The molecule has 0 saturated carbocycles. The van der Waals surface area contributed by atoms with Crippen molar-refractivity contribution in [1.29, 1.82) is 0 Å². The fourth-order valence-electron chi connectivity index (χ4n) is 1.06. The summed E-state index contributed by atoms with van der Waals surface area (Å²) in [5, 5.41) is 11.5. The standard InChI is InChI=1S/C7H7NO4/c9-7(10)6-1-5-4(2-11-6)8-3-12-5/h1,8H,2-3H2,(H,9,10). The van der Waals surface area contributed by atoms with Gasteiger partial charge in [0.1, 0.15) is 12.4 Å². The summed E-state index contributed by atoms with van der Waals surface area (Å²) in [5.41, 5.74) is 0.806. The highest BCUT2D eigenvalue weighted by Crippen LogP contribution is 2.20. The summed E-state index contributed by atoms with van der Waals surface area (Å²) in [6.45, 7) is 0.630. The lowest BCUT2D eigenvalue weighted by atomic mass is 10.3. The number of hydrogen-bond acceptors (Lipinski definition) is 4. The Balaban J connectivity index is 2.26. The van der Waals surface area contributed by atoms with E-state index >= 15 is 0 Å². The van der Waals surface area contributed by atoms with Crippen molar-refractivity contribution in [3.05, 3.63) is 23.3 Å². The molecule has 12 heavy (non-hydrogen) atoms. The molecule has 2 N–H and O–H groups in total. The number of allylic oxidation sites excluding steroid dienone is 1. The predicted molar refractivity (Wildman–Crippen MR) is 37.8 cm³/mol. The Morgan fingerprint density at radius 3 is 3.17 bits per heavy atom. The maximum absolute atomic E-state index is 10.5. The molecule has 0 aromatic rings. The molecule has 0 radical (unpaired) electrons. The molecule has 0 atom stereocenters. The second kappa shape index (κ2) is 2.44. The van der Waals surface area contributed by atoms with Crippen LogP contribution >= 0.6 is 0 Å². The Hall–Kier alpha value is -1.65. The number of ether oxygens (including phenoxy) is 2. The first kappa shape index (κ1) is 7.02. The van der Waals surface area contributed by atoms with Crippen molar-refractivity contribution < 1.29 is 19.4 Å². The van der Waals surface area contributed by atoms with Crippen molar-refractivity contribution in [3.63, 3.8) is 0 Å². The van der Waals surface area contributed by atoms with E-state index < -0.39 is 5.97 Å². The molecule has 2 rings (SSSR count). The van der Waals surface area contributed by atoms with E-state index in [9.17, 15) is 4.79 Å². The lowest BCUT2D eigenvalue weighted by Crippen LogP contribution is -2.17. The third-order valence-electron chi connectivity index (χ3n) is 1.66. The van der Waals surface area contributed by atoms with Crippen molar-refractivity contribution >= 4 is 5.97 Å². The zero-order valence-electron chi connectivity index (χ0n) is 6.16. The van der Waals surface area contributed by atoms with Gasteiger partial charge in [-0.25, -0.2) is 4.79 Å². The summed E-state index contributed by atoms with van der Waals surface area (Å²) in [6.07, 6.45) is 1.38. The van der Waals surface area contributed by atoms with Crippen LogP contribution in [0, 0.1) is 0 Å². The van der Waals surface area contributed by atoms with Gasteiger partial charge in [-0.1, -0.05) is 0 Å². The van der Waals surface area contributed by atoms with Gasteiger partial charge in [-0.05, 0) is 0 Å². The van der Waals surface area contributed by atoms with Crippen molar-refractivity contribution in [2.75, 3.05) is 13.3 Å². The first-order chi connectivity index (χ1) is 5.77. The molecular weight excluding hydrogens is 162 g/mol. The van der Waals surface area contributed by atoms with Crippen molar-refractivity contribution in [2.45, 2.75) is 0 Å². The smallest absolute Gasteiger partial charge is 0.371 e. The van der Waals surface area contributed by atoms with Crippen LogP contribution in [0.25, 0.3) is 0 Å². The van der Waals surface area contributed by atoms with Crippen LogP contribution in [0.5, 0.6) is 0 Å². The fourth-order valence-corrected chi connectivity index (χ4v) is 1.06. The monoisotopic (exact) mass is 169 g/mol. The molecule has 0 aromatic carbocycles. The Morgan fingerprint density at radius 2 is 2.42 bits per heavy atom. The summed E-state index contributed by atoms with van der Waals surface area (Å²) in [5.74, 6) is -0.576. The fraction of sp³-hybridized carbons (Fsp3) is 0.286. The van der Waals surface area contributed by atoms with Crippen LogP contribution in [0.15, 0.2) is 23.3 Å². The summed E-state index contributed by atoms with van der Waals surface area (Å²) < 4.78 is 10.0. The maximum atomic E-state index is 10.5. The number of aliphatic carboxylic acids is 1. The first-order valence-corrected chi connectivity index (χ1v) is 3.45. The van der Waals surface area contributed by atoms with Crippen molar-refractivity contribution in [2.24, 2.45) is 0 Å². The summed E-state index contributed by atoms with van der Waals surface area (Å²) in [7, 11) is 0. The second-order valence-corrected chi connectivity index (χ2v) is 2.41. The van der Waals surface area contributed by atoms with E-state index in [0.717, 1.165) is 5.70 Å². The molecule has 0 aromatic heterocycles. The molecule has 2 aliphatic rings. The molecule has 0 amide bonds. The van der Waals surface area contributed by atoms with Gasteiger partial charge in [0.2, 0.25) is 5.76 Å². The van der Waals surface area contributed by atoms with Gasteiger partial charge in [0.05, 0.1) is 5.70 Å². The summed E-state index contributed by atoms with van der Waals surface area (Å²) >= 11 is 0. The SMILES string of the molecule is O=C(O)C1=CC2=C(CO1)NCO2. The van der Waals surface area contributed by atoms with Crippen LogP contribution in [-0.4, -0.2) is 24.4 Å². The van der Waals surface area contributed by atoms with Crippen molar-refractivity contribution in [3.8, 4) is 0 Å². The normalized spacial score (nSPS) is 20.2. The van der Waals surface area contributed by atoms with Crippen LogP contribution in [0.2, 0.25) is 0 Å². The lowest BCUT2D eigenvalue weighted by molar-refractivity contribution is -0.136. The zero-order chi connectivity index (χ0) is 8.55. The van der Waals surface area contributed by atoms with Gasteiger partial charge in [0, 0.05) is 6.08 Å². The first-order valence-electron chi connectivity index (χ1n) is 3.45. The van der Waals surface area contributed by atoms with Crippen molar-refractivity contribution in [1.82, 2.24) is 5.32 Å². The number of rotatable bonds is 1. The minimum atomic E-state index is -1.07. The zero-order valence-corrected chi connectivity index (χ0v) is 6.16. The third kappa shape index (κ3) is 0.990. The quantitative estimate of drug-likeness (QED) is 0.567. The molecule has 0 unspecified atom stereocenters. The van der Waals surface area contributed by atoms with E-state index in [1.165, 1.54) is 6.08 Å². The average Bonchev–Trinajstić information content (AvgIpc) is 2.49. The second-order valence-electron chi connectivity index (χ2n) is 2.41. The van der Waals surface area contributed by atoms with E-state index in [1.807, 2.05) is 0 Å². The molecule has 0 spiro atoms. The largest absolute Gasteiger partial charge is 0.480 e. The Labute approximate surface area is 68.3 Å². The number of nitrogens with one attached hydrogen (secondary N) is 1. The van der Waals surface area contributed by atoms with Gasteiger partial charge in [-0.3, -0.25) is 0 Å². The van der Waals surface area contributed by atoms with Gasteiger partial charge in [-0.2, -0.15) is 0 Å². The van der Waals surface area contributed by atoms with Gasteiger partial charge in [0.15, 0.2) is 6.73 Å². The molecule has 64 valence electrons. The lowest BCUT2D eigenvalue weighted by Gasteiger charge is -2.11. The van der Waals surface area contributed by atoms with Crippen LogP contribution in [0.1, 0.15) is 0 Å². The maximum Gasteiger partial charge on any atom is 0.371 e. The molecule has 2 heterocycles. The van der Waals surface area contributed by atoms with Crippen LogP contribution in [0.3, 0.4) is 0 Å². The van der Waals surface area contributed by atoms with Crippen LogP contribution in [0.4, 0.5) is 0 Å².